The number of urea groups is 1. The lowest BCUT2D eigenvalue weighted by Crippen LogP contribution is -2.50. The summed E-state index contributed by atoms with van der Waals surface area (Å²) in [6, 6.07) is 14.9. The Hall–Kier alpha value is -1.96. The van der Waals surface area contributed by atoms with E-state index in [9.17, 15) is 9.90 Å². The SMILES string of the molecule is O=C(Nc1ccc(I)cc1)N1CCN(c2cccc(O)c2)CC1. The first-order valence-electron chi connectivity index (χ1n) is 7.47. The number of hydrogen-bond donors (Lipinski definition) is 2. The van der Waals surface area contributed by atoms with Gasteiger partial charge in [-0.05, 0) is 59.0 Å². The van der Waals surface area contributed by atoms with E-state index in [0.29, 0.717) is 13.1 Å². The number of phenolic OH excluding ortho intramolecular Hbond substituents is 1. The predicted molar refractivity (Wildman–Crippen MR) is 100 cm³/mol. The highest BCUT2D eigenvalue weighted by Gasteiger charge is 2.21. The van der Waals surface area contributed by atoms with E-state index in [0.717, 1.165) is 28.0 Å². The van der Waals surface area contributed by atoms with Crippen LogP contribution in [0.25, 0.3) is 0 Å². The Morgan fingerprint density at radius 2 is 1.74 bits per heavy atom. The highest BCUT2D eigenvalue weighted by molar-refractivity contribution is 14.1. The number of piperazine rings is 1. The molecule has 0 saturated carbocycles. The molecule has 0 spiro atoms. The summed E-state index contributed by atoms with van der Waals surface area (Å²) in [5, 5.41) is 12.5. The fourth-order valence-electron chi connectivity index (χ4n) is 2.59. The second kappa shape index (κ2) is 7.08. The van der Waals surface area contributed by atoms with Crippen LogP contribution in [0.5, 0.6) is 5.75 Å². The van der Waals surface area contributed by atoms with Crippen LogP contribution in [-0.4, -0.2) is 42.2 Å². The van der Waals surface area contributed by atoms with Gasteiger partial charge in [0.25, 0.3) is 0 Å². The van der Waals surface area contributed by atoms with E-state index in [4.69, 9.17) is 0 Å². The molecule has 6 heteroatoms. The monoisotopic (exact) mass is 423 g/mol. The third-order valence-electron chi connectivity index (χ3n) is 3.86. The van der Waals surface area contributed by atoms with Crippen LogP contribution in [0.1, 0.15) is 0 Å². The van der Waals surface area contributed by atoms with Gasteiger partial charge in [-0.1, -0.05) is 6.07 Å². The number of carbonyl (C=O) groups is 1. The van der Waals surface area contributed by atoms with Crippen LogP contribution in [0.4, 0.5) is 16.2 Å². The maximum atomic E-state index is 12.3. The molecule has 0 aromatic heterocycles. The molecule has 1 heterocycles. The van der Waals surface area contributed by atoms with Crippen LogP contribution in [0.2, 0.25) is 0 Å². The van der Waals surface area contributed by atoms with Crippen molar-refractivity contribution in [3.05, 3.63) is 52.1 Å². The molecule has 2 N–H and O–H groups in total. The first-order chi connectivity index (χ1) is 11.1. The van der Waals surface area contributed by atoms with E-state index in [1.165, 1.54) is 0 Å². The molecular formula is C17H18IN3O2. The summed E-state index contributed by atoms with van der Waals surface area (Å²) in [5.74, 6) is 0.265. The van der Waals surface area contributed by atoms with E-state index in [2.05, 4.69) is 32.8 Å². The summed E-state index contributed by atoms with van der Waals surface area (Å²) in [4.78, 5) is 16.3. The van der Waals surface area contributed by atoms with Gasteiger partial charge in [-0.15, -0.1) is 0 Å². The molecular weight excluding hydrogens is 405 g/mol. The summed E-state index contributed by atoms with van der Waals surface area (Å²) >= 11 is 2.24. The molecule has 0 atom stereocenters. The van der Waals surface area contributed by atoms with Crippen molar-refractivity contribution in [2.75, 3.05) is 36.4 Å². The van der Waals surface area contributed by atoms with Gasteiger partial charge in [0, 0.05) is 47.2 Å². The third-order valence-corrected chi connectivity index (χ3v) is 4.58. The van der Waals surface area contributed by atoms with Crippen LogP contribution in [0.3, 0.4) is 0 Å². The average molecular weight is 423 g/mol. The van der Waals surface area contributed by atoms with Crippen LogP contribution >= 0.6 is 22.6 Å². The molecule has 0 aliphatic carbocycles. The molecule has 2 aromatic carbocycles. The van der Waals surface area contributed by atoms with E-state index >= 15 is 0 Å². The summed E-state index contributed by atoms with van der Waals surface area (Å²) in [6.07, 6.45) is 0. The number of benzene rings is 2. The molecule has 1 saturated heterocycles. The summed E-state index contributed by atoms with van der Waals surface area (Å²) in [6.45, 7) is 2.82. The van der Waals surface area contributed by atoms with Crippen LogP contribution in [-0.2, 0) is 0 Å². The van der Waals surface area contributed by atoms with Crippen molar-refractivity contribution < 1.29 is 9.90 Å². The normalized spacial score (nSPS) is 14.7. The molecule has 1 fully saturated rings. The molecule has 2 aromatic rings. The first-order valence-corrected chi connectivity index (χ1v) is 8.55. The maximum absolute atomic E-state index is 12.3. The van der Waals surface area contributed by atoms with Crippen LogP contribution in [0.15, 0.2) is 48.5 Å². The number of nitrogens with zero attached hydrogens (tertiary/aromatic N) is 2. The number of phenols is 1. The van der Waals surface area contributed by atoms with Crippen molar-refractivity contribution in [3.8, 4) is 5.75 Å². The van der Waals surface area contributed by atoms with E-state index in [-0.39, 0.29) is 11.8 Å². The van der Waals surface area contributed by atoms with Crippen molar-refractivity contribution in [2.24, 2.45) is 0 Å². The van der Waals surface area contributed by atoms with E-state index in [1.54, 1.807) is 12.1 Å². The number of nitrogens with one attached hydrogen (secondary N) is 1. The van der Waals surface area contributed by atoms with Gasteiger partial charge in [-0.3, -0.25) is 0 Å². The Morgan fingerprint density at radius 1 is 1.04 bits per heavy atom. The Kier molecular flexibility index (Phi) is 4.90. The minimum absolute atomic E-state index is 0.0678. The molecule has 1 aliphatic rings. The van der Waals surface area contributed by atoms with Crippen molar-refractivity contribution in [1.29, 1.82) is 0 Å². The van der Waals surface area contributed by atoms with Crippen molar-refractivity contribution in [1.82, 2.24) is 4.90 Å². The second-order valence-electron chi connectivity index (χ2n) is 5.43. The minimum Gasteiger partial charge on any atom is -0.508 e. The van der Waals surface area contributed by atoms with Gasteiger partial charge in [0.05, 0.1) is 0 Å². The standard InChI is InChI=1S/C17H18IN3O2/c18-13-4-6-14(7-5-13)19-17(23)21-10-8-20(9-11-21)15-2-1-3-16(22)12-15/h1-7,12,22H,8-11H2,(H,19,23). The summed E-state index contributed by atoms with van der Waals surface area (Å²) < 4.78 is 1.14. The number of anilines is 2. The van der Waals surface area contributed by atoms with E-state index in [1.807, 2.05) is 41.3 Å². The van der Waals surface area contributed by atoms with Gasteiger partial charge >= 0.3 is 6.03 Å². The minimum atomic E-state index is -0.0678. The number of carbonyl (C=O) groups excluding carboxylic acids is 1. The van der Waals surface area contributed by atoms with E-state index < -0.39 is 0 Å². The fourth-order valence-corrected chi connectivity index (χ4v) is 2.95. The number of rotatable bonds is 2. The number of aromatic hydroxyl groups is 1. The largest absolute Gasteiger partial charge is 0.508 e. The molecule has 5 nitrogen and oxygen atoms in total. The van der Waals surface area contributed by atoms with Gasteiger partial charge in [-0.2, -0.15) is 0 Å². The lowest BCUT2D eigenvalue weighted by atomic mass is 10.2. The molecule has 1 aliphatic heterocycles. The first kappa shape index (κ1) is 15.9. The molecule has 120 valence electrons. The topological polar surface area (TPSA) is 55.8 Å². The Balaban J connectivity index is 1.56. The molecule has 0 radical (unpaired) electrons. The number of amides is 2. The van der Waals surface area contributed by atoms with Gasteiger partial charge in [0.15, 0.2) is 0 Å². The van der Waals surface area contributed by atoms with Crippen molar-refractivity contribution in [3.63, 3.8) is 0 Å². The van der Waals surface area contributed by atoms with Gasteiger partial charge in [0.2, 0.25) is 0 Å². The smallest absolute Gasteiger partial charge is 0.321 e. The maximum Gasteiger partial charge on any atom is 0.321 e. The quantitative estimate of drug-likeness (QED) is 0.729. The van der Waals surface area contributed by atoms with Crippen molar-refractivity contribution >= 4 is 40.0 Å². The Bertz CT molecular complexity index is 682. The van der Waals surface area contributed by atoms with Crippen molar-refractivity contribution in [2.45, 2.75) is 0 Å². The van der Waals surface area contributed by atoms with Crippen LogP contribution in [0, 0.1) is 3.57 Å². The fraction of sp³-hybridized carbons (Fsp3) is 0.235. The second-order valence-corrected chi connectivity index (χ2v) is 6.68. The highest BCUT2D eigenvalue weighted by atomic mass is 127. The predicted octanol–water partition coefficient (Wildman–Crippen LogP) is 3.35. The van der Waals surface area contributed by atoms with Gasteiger partial charge < -0.3 is 20.2 Å². The number of hydrogen-bond acceptors (Lipinski definition) is 3. The molecule has 3 rings (SSSR count). The Labute approximate surface area is 149 Å². The third kappa shape index (κ3) is 4.07. The Morgan fingerprint density at radius 3 is 2.39 bits per heavy atom. The molecule has 23 heavy (non-hydrogen) atoms. The zero-order valence-corrected chi connectivity index (χ0v) is 14.7. The summed E-state index contributed by atoms with van der Waals surface area (Å²) in [5.41, 5.74) is 1.80. The number of halogens is 1. The zero-order chi connectivity index (χ0) is 16.2. The zero-order valence-electron chi connectivity index (χ0n) is 12.6. The summed E-state index contributed by atoms with van der Waals surface area (Å²) in [7, 11) is 0. The van der Waals surface area contributed by atoms with Gasteiger partial charge in [-0.25, -0.2) is 4.79 Å². The lowest BCUT2D eigenvalue weighted by molar-refractivity contribution is 0.208. The average Bonchev–Trinajstić information content (AvgIpc) is 2.57. The van der Waals surface area contributed by atoms with Gasteiger partial charge in [0.1, 0.15) is 5.75 Å². The molecule has 2 amide bonds. The van der Waals surface area contributed by atoms with Crippen LogP contribution < -0.4 is 10.2 Å². The molecule has 0 bridgehead atoms. The highest BCUT2D eigenvalue weighted by Crippen LogP contribution is 2.21. The molecule has 0 unspecified atom stereocenters. The lowest BCUT2D eigenvalue weighted by Gasteiger charge is -2.36.